The van der Waals surface area contributed by atoms with Gasteiger partial charge in [-0.15, -0.1) is 0 Å². The second-order valence-electron chi connectivity index (χ2n) is 13.7. The number of benzene rings is 4. The average molecular weight is 521 g/mol. The van der Waals surface area contributed by atoms with Gasteiger partial charge in [0, 0.05) is 21.2 Å². The van der Waals surface area contributed by atoms with Crippen LogP contribution in [-0.2, 0) is 19.9 Å². The summed E-state index contributed by atoms with van der Waals surface area (Å²) >= 11 is 1.87. The molecule has 0 aliphatic carbocycles. The normalized spacial score (nSPS) is 14.2. The summed E-state index contributed by atoms with van der Waals surface area (Å²) in [5, 5.41) is 7.01. The molecule has 5 aromatic rings. The SMILES string of the molecule is [2H]c1c([2H])[n+](C)c2c3c(cc4cccc(CC(C)(C)C)c4c13)Sc1c-2c(C)c2cc(C)ccc2c1CC(C)(C)C. The van der Waals surface area contributed by atoms with Gasteiger partial charge in [-0.05, 0) is 81.8 Å². The molecule has 1 aliphatic rings. The Hall–Kier alpha value is -2.84. The minimum Gasteiger partial charge on any atom is -0.200 e. The Morgan fingerprint density at radius 1 is 0.842 bits per heavy atom. The minimum atomic E-state index is 0.112. The highest BCUT2D eigenvalue weighted by Crippen LogP contribution is 2.53. The van der Waals surface area contributed by atoms with E-state index >= 15 is 0 Å². The standard InChI is InChI=1S/C36H40NS/c1-21-13-14-25-27(17-21)22(2)30-33-32-26(15-16-37(33)9)31-23(11-10-12-24(31)19-35(3,4)5)18-29(32)38-34(30)28(25)20-36(6,7)8/h10-18H,19-20H2,1-9H3/q+1/i15D,16D. The van der Waals surface area contributed by atoms with Gasteiger partial charge in [-0.3, -0.25) is 0 Å². The molecule has 38 heavy (non-hydrogen) atoms. The Balaban J connectivity index is 1.84. The molecule has 0 saturated carbocycles. The van der Waals surface area contributed by atoms with Gasteiger partial charge in [-0.1, -0.05) is 95.3 Å². The van der Waals surface area contributed by atoms with E-state index in [-0.39, 0.29) is 17.0 Å². The van der Waals surface area contributed by atoms with Gasteiger partial charge in [0.2, 0.25) is 5.69 Å². The number of nitrogens with zero attached hydrogens (tertiary/aromatic N) is 1. The number of hydrogen-bond donors (Lipinski definition) is 0. The van der Waals surface area contributed by atoms with E-state index in [2.05, 4.69) is 97.9 Å². The maximum absolute atomic E-state index is 9.27. The molecule has 194 valence electrons. The molecule has 6 rings (SSSR count). The zero-order valence-corrected chi connectivity index (χ0v) is 25.1. The van der Waals surface area contributed by atoms with Crippen molar-refractivity contribution in [3.05, 3.63) is 76.9 Å². The topological polar surface area (TPSA) is 3.88 Å². The van der Waals surface area contributed by atoms with Crippen molar-refractivity contribution in [1.82, 2.24) is 0 Å². The Bertz CT molecular complexity index is 1890. The Morgan fingerprint density at radius 3 is 2.29 bits per heavy atom. The minimum absolute atomic E-state index is 0.112. The third-order valence-corrected chi connectivity index (χ3v) is 8.99. The van der Waals surface area contributed by atoms with Crippen LogP contribution in [0, 0.1) is 24.7 Å². The van der Waals surface area contributed by atoms with Gasteiger partial charge in [0.05, 0.1) is 12.3 Å². The molecular weight excluding hydrogens is 478 g/mol. The summed E-state index contributed by atoms with van der Waals surface area (Å²) < 4.78 is 20.4. The van der Waals surface area contributed by atoms with Crippen LogP contribution >= 0.6 is 11.8 Å². The lowest BCUT2D eigenvalue weighted by Gasteiger charge is -2.28. The first kappa shape index (κ1) is 23.1. The van der Waals surface area contributed by atoms with Crippen LogP contribution in [0.3, 0.4) is 0 Å². The quantitative estimate of drug-likeness (QED) is 0.162. The van der Waals surface area contributed by atoms with Crippen molar-refractivity contribution in [2.75, 3.05) is 0 Å². The zero-order valence-electron chi connectivity index (χ0n) is 26.3. The molecule has 2 heteroatoms. The van der Waals surface area contributed by atoms with Crippen LogP contribution in [0.15, 0.2) is 64.5 Å². The van der Waals surface area contributed by atoms with Gasteiger partial charge >= 0.3 is 0 Å². The van der Waals surface area contributed by atoms with Gasteiger partial charge < -0.3 is 0 Å². The highest BCUT2D eigenvalue weighted by atomic mass is 32.2. The molecule has 0 spiro atoms. The van der Waals surface area contributed by atoms with Crippen LogP contribution in [0.25, 0.3) is 43.6 Å². The first-order valence-corrected chi connectivity index (χ1v) is 14.6. The zero-order chi connectivity index (χ0) is 28.9. The van der Waals surface area contributed by atoms with Crippen LogP contribution in [0.5, 0.6) is 0 Å². The van der Waals surface area contributed by atoms with Gasteiger partial charge in [-0.2, -0.15) is 0 Å². The van der Waals surface area contributed by atoms with Crippen LogP contribution in [0.4, 0.5) is 0 Å². The van der Waals surface area contributed by atoms with Crippen LogP contribution in [0.2, 0.25) is 0 Å². The maximum Gasteiger partial charge on any atom is 0.222 e. The summed E-state index contributed by atoms with van der Waals surface area (Å²) in [5.74, 6) is 0. The van der Waals surface area contributed by atoms with Gasteiger partial charge in [0.25, 0.3) is 0 Å². The summed E-state index contributed by atoms with van der Waals surface area (Å²) in [6.45, 7) is 18.2. The first-order valence-electron chi connectivity index (χ1n) is 14.8. The number of aryl methyl sites for hydroxylation is 2. The summed E-state index contributed by atoms with van der Waals surface area (Å²) in [5.41, 5.74) is 7.75. The van der Waals surface area contributed by atoms with Gasteiger partial charge in [0.15, 0.2) is 6.17 Å². The predicted octanol–water partition coefficient (Wildman–Crippen LogP) is 9.90. The van der Waals surface area contributed by atoms with Crippen LogP contribution in [-0.4, -0.2) is 0 Å². The van der Waals surface area contributed by atoms with Crippen LogP contribution < -0.4 is 4.57 Å². The van der Waals surface area contributed by atoms with E-state index < -0.39 is 0 Å². The molecule has 0 unspecified atom stereocenters. The van der Waals surface area contributed by atoms with Gasteiger partial charge in [-0.25, -0.2) is 4.57 Å². The van der Waals surface area contributed by atoms with E-state index in [0.29, 0.717) is 6.04 Å². The van der Waals surface area contributed by atoms with E-state index in [1.54, 1.807) is 0 Å². The third kappa shape index (κ3) is 4.13. The van der Waals surface area contributed by atoms with E-state index in [1.165, 1.54) is 53.8 Å². The van der Waals surface area contributed by atoms with Crippen molar-refractivity contribution in [1.29, 1.82) is 0 Å². The molecule has 0 atom stereocenters. The summed E-state index contributed by atoms with van der Waals surface area (Å²) in [7, 11) is 1.98. The van der Waals surface area contributed by atoms with Crippen molar-refractivity contribution in [2.45, 2.75) is 78.0 Å². The number of rotatable bonds is 2. The lowest BCUT2D eigenvalue weighted by atomic mass is 9.82. The number of fused-ring (bicyclic) bond motifs is 5. The monoisotopic (exact) mass is 520 g/mol. The predicted molar refractivity (Wildman–Crippen MR) is 165 cm³/mol. The number of hydrogen-bond acceptors (Lipinski definition) is 1. The second kappa shape index (κ2) is 8.58. The molecule has 0 saturated heterocycles. The van der Waals surface area contributed by atoms with Crippen molar-refractivity contribution in [3.8, 4) is 11.3 Å². The van der Waals surface area contributed by atoms with Crippen molar-refractivity contribution >= 4 is 44.1 Å². The van der Waals surface area contributed by atoms with E-state index in [1.807, 2.05) is 23.4 Å². The highest BCUT2D eigenvalue weighted by Gasteiger charge is 2.33. The molecule has 4 aromatic carbocycles. The summed E-state index contributed by atoms with van der Waals surface area (Å²) in [4.78, 5) is 2.51. The molecule has 0 amide bonds. The van der Waals surface area contributed by atoms with E-state index in [4.69, 9.17) is 1.37 Å². The molecule has 0 bridgehead atoms. The molecule has 0 radical (unpaired) electrons. The third-order valence-electron chi connectivity index (χ3n) is 7.79. The smallest absolute Gasteiger partial charge is 0.200 e. The lowest BCUT2D eigenvalue weighted by molar-refractivity contribution is -0.659. The fraction of sp³-hybridized carbons (Fsp3) is 0.361. The molecular formula is C36H40NS+. The second-order valence-corrected chi connectivity index (χ2v) is 14.8. The van der Waals surface area contributed by atoms with Crippen molar-refractivity contribution in [3.63, 3.8) is 0 Å². The summed E-state index contributed by atoms with van der Waals surface area (Å²) in [6.07, 6.45) is 2.16. The molecule has 0 fully saturated rings. The van der Waals surface area contributed by atoms with Crippen LogP contribution in [0.1, 0.15) is 66.5 Å². The molecule has 0 N–H and O–H groups in total. The molecule has 2 heterocycles. The lowest BCUT2D eigenvalue weighted by Crippen LogP contribution is -2.32. The summed E-state index contributed by atoms with van der Waals surface area (Å²) in [6, 6.07) is 16.1. The van der Waals surface area contributed by atoms with E-state index in [0.717, 1.165) is 34.7 Å². The highest BCUT2D eigenvalue weighted by molar-refractivity contribution is 8.00. The Kier molecular flexibility index (Phi) is 5.21. The molecule has 1 nitrogen and oxygen atoms in total. The van der Waals surface area contributed by atoms with Gasteiger partial charge in [0.1, 0.15) is 8.42 Å². The first-order chi connectivity index (χ1) is 18.7. The number of pyridine rings is 1. The largest absolute Gasteiger partial charge is 0.222 e. The molecule has 1 aromatic heterocycles. The Labute approximate surface area is 235 Å². The molecule has 1 aliphatic heterocycles. The fourth-order valence-electron chi connectivity index (χ4n) is 6.35. The Morgan fingerprint density at radius 2 is 1.58 bits per heavy atom. The number of aromatic nitrogens is 1. The van der Waals surface area contributed by atoms with Crippen molar-refractivity contribution < 1.29 is 7.31 Å². The average Bonchev–Trinajstić information content (AvgIpc) is 2.85. The maximum atomic E-state index is 9.27. The van der Waals surface area contributed by atoms with Crippen molar-refractivity contribution in [2.24, 2.45) is 17.9 Å². The van der Waals surface area contributed by atoms with E-state index in [9.17, 15) is 1.37 Å². The fourth-order valence-corrected chi connectivity index (χ4v) is 7.71.